The third kappa shape index (κ3) is 4.07. The van der Waals surface area contributed by atoms with Crippen LogP contribution in [0.3, 0.4) is 0 Å². The fourth-order valence-electron chi connectivity index (χ4n) is 1.47. The summed E-state index contributed by atoms with van der Waals surface area (Å²) in [5.41, 5.74) is 0. The van der Waals surface area contributed by atoms with Gasteiger partial charge in [-0.1, -0.05) is 0 Å². The number of aliphatic hydroxyl groups is 1. The summed E-state index contributed by atoms with van der Waals surface area (Å²) < 4.78 is 5.32. The molecule has 1 amide bonds. The van der Waals surface area contributed by atoms with Crippen molar-refractivity contribution in [2.75, 3.05) is 13.2 Å². The molecular formula is C10H19NO3. The number of amides is 1. The number of nitrogens with one attached hydrogen (secondary N) is 1. The molecule has 0 aromatic rings. The van der Waals surface area contributed by atoms with Crippen molar-refractivity contribution in [3.8, 4) is 0 Å². The summed E-state index contributed by atoms with van der Waals surface area (Å²) in [6.45, 7) is 2.92. The molecule has 2 unspecified atom stereocenters. The summed E-state index contributed by atoms with van der Waals surface area (Å²) in [6, 6.07) is 0. The van der Waals surface area contributed by atoms with Gasteiger partial charge >= 0.3 is 0 Å². The molecule has 2 N–H and O–H groups in total. The van der Waals surface area contributed by atoms with Gasteiger partial charge in [0, 0.05) is 13.2 Å². The zero-order valence-electron chi connectivity index (χ0n) is 8.66. The molecule has 2 atom stereocenters. The van der Waals surface area contributed by atoms with Gasteiger partial charge < -0.3 is 15.2 Å². The molecule has 14 heavy (non-hydrogen) atoms. The van der Waals surface area contributed by atoms with E-state index in [2.05, 4.69) is 5.32 Å². The minimum absolute atomic E-state index is 0.0367. The first-order valence-electron chi connectivity index (χ1n) is 5.27. The van der Waals surface area contributed by atoms with Crippen LogP contribution in [0.25, 0.3) is 0 Å². The van der Waals surface area contributed by atoms with Crippen LogP contribution in [-0.4, -0.2) is 36.4 Å². The molecule has 0 saturated carbocycles. The van der Waals surface area contributed by atoms with E-state index < -0.39 is 0 Å². The highest BCUT2D eigenvalue weighted by molar-refractivity contribution is 5.80. The first kappa shape index (κ1) is 11.5. The van der Waals surface area contributed by atoms with Crippen molar-refractivity contribution >= 4 is 5.91 Å². The van der Waals surface area contributed by atoms with Gasteiger partial charge in [-0.3, -0.25) is 4.79 Å². The Morgan fingerprint density at radius 1 is 1.64 bits per heavy atom. The molecule has 82 valence electrons. The Morgan fingerprint density at radius 3 is 3.00 bits per heavy atom. The van der Waals surface area contributed by atoms with Crippen molar-refractivity contribution in [1.29, 1.82) is 0 Å². The van der Waals surface area contributed by atoms with Crippen molar-refractivity contribution in [3.63, 3.8) is 0 Å². The van der Waals surface area contributed by atoms with E-state index in [1.54, 1.807) is 6.92 Å². The molecule has 1 fully saturated rings. The van der Waals surface area contributed by atoms with Gasteiger partial charge in [-0.05, 0) is 32.6 Å². The van der Waals surface area contributed by atoms with E-state index in [0.29, 0.717) is 19.6 Å². The molecule has 1 saturated heterocycles. The number of aliphatic hydroxyl groups excluding tert-OH is 1. The van der Waals surface area contributed by atoms with Crippen LogP contribution in [0.2, 0.25) is 0 Å². The smallest absolute Gasteiger partial charge is 0.249 e. The van der Waals surface area contributed by atoms with Gasteiger partial charge in [0.15, 0.2) is 0 Å². The average molecular weight is 201 g/mol. The molecule has 1 aliphatic rings. The standard InChI is InChI=1S/C10H19NO3/c1-8(12)5-6-11-10(13)9-4-2-3-7-14-9/h8-9,12H,2-7H2,1H3,(H,11,13). The van der Waals surface area contributed by atoms with Gasteiger partial charge in [-0.25, -0.2) is 0 Å². The van der Waals surface area contributed by atoms with E-state index in [-0.39, 0.29) is 18.1 Å². The lowest BCUT2D eigenvalue weighted by Crippen LogP contribution is -2.39. The first-order chi connectivity index (χ1) is 6.70. The van der Waals surface area contributed by atoms with Crippen molar-refractivity contribution in [3.05, 3.63) is 0 Å². The van der Waals surface area contributed by atoms with Gasteiger partial charge in [0.05, 0.1) is 6.10 Å². The molecule has 0 aromatic carbocycles. The van der Waals surface area contributed by atoms with Crippen LogP contribution in [0, 0.1) is 0 Å². The summed E-state index contributed by atoms with van der Waals surface area (Å²) in [6.07, 6.45) is 2.91. The zero-order chi connectivity index (χ0) is 10.4. The summed E-state index contributed by atoms with van der Waals surface area (Å²) >= 11 is 0. The Kier molecular flexibility index (Phi) is 4.90. The monoisotopic (exact) mass is 201 g/mol. The highest BCUT2D eigenvalue weighted by Gasteiger charge is 2.21. The first-order valence-corrected chi connectivity index (χ1v) is 5.27. The fourth-order valence-corrected chi connectivity index (χ4v) is 1.47. The van der Waals surface area contributed by atoms with E-state index in [0.717, 1.165) is 19.3 Å². The van der Waals surface area contributed by atoms with Gasteiger partial charge in [0.2, 0.25) is 5.91 Å². The molecule has 1 aliphatic heterocycles. The Labute approximate surface area is 84.6 Å². The zero-order valence-corrected chi connectivity index (χ0v) is 8.66. The SMILES string of the molecule is CC(O)CCNC(=O)C1CCCCO1. The maximum atomic E-state index is 11.5. The van der Waals surface area contributed by atoms with Crippen LogP contribution in [0.15, 0.2) is 0 Å². The highest BCUT2D eigenvalue weighted by Crippen LogP contribution is 2.12. The lowest BCUT2D eigenvalue weighted by Gasteiger charge is -2.21. The molecule has 0 spiro atoms. The third-order valence-corrected chi connectivity index (χ3v) is 2.33. The number of hydrogen-bond acceptors (Lipinski definition) is 3. The molecule has 0 bridgehead atoms. The Morgan fingerprint density at radius 2 is 2.43 bits per heavy atom. The second kappa shape index (κ2) is 5.98. The lowest BCUT2D eigenvalue weighted by atomic mass is 10.1. The largest absolute Gasteiger partial charge is 0.393 e. The lowest BCUT2D eigenvalue weighted by molar-refractivity contribution is -0.135. The van der Waals surface area contributed by atoms with Gasteiger partial charge in [0.1, 0.15) is 6.10 Å². The van der Waals surface area contributed by atoms with Crippen molar-refractivity contribution in [2.24, 2.45) is 0 Å². The van der Waals surface area contributed by atoms with E-state index in [1.807, 2.05) is 0 Å². The normalized spacial score (nSPS) is 24.3. The molecule has 1 rings (SSSR count). The molecule has 0 aromatic heterocycles. The Bertz CT molecular complexity index is 176. The van der Waals surface area contributed by atoms with Crippen molar-refractivity contribution < 1.29 is 14.6 Å². The second-order valence-electron chi connectivity index (χ2n) is 3.78. The van der Waals surface area contributed by atoms with Gasteiger partial charge in [0.25, 0.3) is 0 Å². The van der Waals surface area contributed by atoms with Gasteiger partial charge in [-0.15, -0.1) is 0 Å². The van der Waals surface area contributed by atoms with Crippen LogP contribution in [0.4, 0.5) is 0 Å². The van der Waals surface area contributed by atoms with Crippen LogP contribution >= 0.6 is 0 Å². The summed E-state index contributed by atoms with van der Waals surface area (Å²) in [5.74, 6) is -0.0367. The van der Waals surface area contributed by atoms with Crippen LogP contribution in [-0.2, 0) is 9.53 Å². The maximum Gasteiger partial charge on any atom is 0.249 e. The number of hydrogen-bond donors (Lipinski definition) is 2. The molecule has 1 heterocycles. The number of ether oxygens (including phenoxy) is 1. The molecular weight excluding hydrogens is 182 g/mol. The minimum atomic E-state index is -0.359. The molecule has 4 nitrogen and oxygen atoms in total. The Hall–Kier alpha value is -0.610. The number of rotatable bonds is 4. The number of carbonyl (C=O) groups is 1. The van der Waals surface area contributed by atoms with Crippen LogP contribution in [0.5, 0.6) is 0 Å². The maximum absolute atomic E-state index is 11.5. The van der Waals surface area contributed by atoms with Crippen LogP contribution < -0.4 is 5.32 Å². The topological polar surface area (TPSA) is 58.6 Å². The second-order valence-corrected chi connectivity index (χ2v) is 3.78. The quantitative estimate of drug-likeness (QED) is 0.694. The van der Waals surface area contributed by atoms with Crippen molar-refractivity contribution in [1.82, 2.24) is 5.32 Å². The molecule has 0 aliphatic carbocycles. The van der Waals surface area contributed by atoms with Crippen LogP contribution in [0.1, 0.15) is 32.6 Å². The van der Waals surface area contributed by atoms with E-state index in [4.69, 9.17) is 9.84 Å². The fraction of sp³-hybridized carbons (Fsp3) is 0.900. The number of carbonyl (C=O) groups excluding carboxylic acids is 1. The summed E-state index contributed by atoms with van der Waals surface area (Å²) in [7, 11) is 0. The van der Waals surface area contributed by atoms with E-state index >= 15 is 0 Å². The Balaban J connectivity index is 2.13. The van der Waals surface area contributed by atoms with E-state index in [1.165, 1.54) is 0 Å². The van der Waals surface area contributed by atoms with Gasteiger partial charge in [-0.2, -0.15) is 0 Å². The predicted octanol–water partition coefficient (Wildman–Crippen LogP) is 0.443. The molecule has 0 radical (unpaired) electrons. The third-order valence-electron chi connectivity index (χ3n) is 2.33. The highest BCUT2D eigenvalue weighted by atomic mass is 16.5. The van der Waals surface area contributed by atoms with Crippen molar-refractivity contribution in [2.45, 2.75) is 44.8 Å². The minimum Gasteiger partial charge on any atom is -0.393 e. The average Bonchev–Trinajstić information content (AvgIpc) is 2.18. The summed E-state index contributed by atoms with van der Waals surface area (Å²) in [5, 5.41) is 11.8. The van der Waals surface area contributed by atoms with E-state index in [9.17, 15) is 4.79 Å². The summed E-state index contributed by atoms with van der Waals surface area (Å²) in [4.78, 5) is 11.5. The predicted molar refractivity (Wildman–Crippen MR) is 52.9 cm³/mol. The molecule has 4 heteroatoms.